The fourth-order valence-corrected chi connectivity index (χ4v) is 6.00. The van der Waals surface area contributed by atoms with Gasteiger partial charge in [-0.2, -0.15) is 0 Å². The van der Waals surface area contributed by atoms with E-state index in [4.69, 9.17) is 0 Å². The zero-order valence-corrected chi connectivity index (χ0v) is 17.2. The highest BCUT2D eigenvalue weighted by Gasteiger charge is 2.46. The summed E-state index contributed by atoms with van der Waals surface area (Å²) in [5.74, 6) is 0.300. The largest absolute Gasteiger partial charge is 0.0804 e. The van der Waals surface area contributed by atoms with Crippen LogP contribution in [0.4, 0.5) is 0 Å². The van der Waals surface area contributed by atoms with Gasteiger partial charge in [0.25, 0.3) is 0 Å². The Morgan fingerprint density at radius 3 is 2.07 bits per heavy atom. The second-order valence-corrected chi connectivity index (χ2v) is 8.80. The van der Waals surface area contributed by atoms with Crippen molar-refractivity contribution in [3.8, 4) is 0 Å². The Morgan fingerprint density at radius 2 is 1.43 bits per heavy atom. The third-order valence-electron chi connectivity index (χ3n) is 7.30. The molecule has 0 amide bonds. The van der Waals surface area contributed by atoms with E-state index >= 15 is 0 Å². The predicted octanol–water partition coefficient (Wildman–Crippen LogP) is 7.16. The van der Waals surface area contributed by atoms with Crippen LogP contribution in [0.25, 0.3) is 6.08 Å². The van der Waals surface area contributed by atoms with Gasteiger partial charge in [0, 0.05) is 5.92 Å². The fourth-order valence-electron chi connectivity index (χ4n) is 6.00. The van der Waals surface area contributed by atoms with E-state index in [1.54, 1.807) is 11.1 Å². The molecule has 30 heavy (non-hydrogen) atoms. The van der Waals surface area contributed by atoms with Crippen molar-refractivity contribution in [3.05, 3.63) is 136 Å². The van der Waals surface area contributed by atoms with Crippen molar-refractivity contribution in [2.24, 2.45) is 0 Å². The molecule has 3 aliphatic rings. The normalized spacial score (nSPS) is 19.1. The summed E-state index contributed by atoms with van der Waals surface area (Å²) in [5, 5.41) is 0. The molecule has 0 saturated carbocycles. The third-order valence-corrected chi connectivity index (χ3v) is 7.30. The van der Waals surface area contributed by atoms with Crippen LogP contribution in [-0.4, -0.2) is 0 Å². The summed E-state index contributed by atoms with van der Waals surface area (Å²) in [6, 6.07) is 27.3. The molecular weight excluding hydrogens is 360 g/mol. The maximum Gasteiger partial charge on any atom is 0.0520 e. The first-order valence-corrected chi connectivity index (χ1v) is 11.2. The van der Waals surface area contributed by atoms with Gasteiger partial charge in [-0.25, -0.2) is 0 Å². The highest BCUT2D eigenvalue weighted by atomic mass is 14.5. The number of hydrogen-bond acceptors (Lipinski definition) is 0. The van der Waals surface area contributed by atoms with Gasteiger partial charge in [-0.1, -0.05) is 109 Å². The van der Waals surface area contributed by atoms with Crippen molar-refractivity contribution in [1.29, 1.82) is 0 Å². The molecule has 0 spiro atoms. The molecule has 6 rings (SSSR count). The number of hydrogen-bond donors (Lipinski definition) is 0. The van der Waals surface area contributed by atoms with E-state index in [1.807, 2.05) is 0 Å². The Morgan fingerprint density at radius 1 is 0.767 bits per heavy atom. The standard InChI is InChI=1S/C30H26/c1-3-12-25(13-4-1)30(27-16-7-8-17-27,26-14-5-2-6-15-26)29-19-18-24-20-22-10-9-11-23(22)21-28(24)29/h1-8,12-16,18-21,29H,9-11,17H2. The minimum atomic E-state index is -0.194. The van der Waals surface area contributed by atoms with Crippen molar-refractivity contribution in [2.75, 3.05) is 0 Å². The quantitative estimate of drug-likeness (QED) is 0.446. The molecular formula is C30H26. The van der Waals surface area contributed by atoms with Crippen LogP contribution in [0.2, 0.25) is 0 Å². The first-order chi connectivity index (χ1) is 14.9. The Kier molecular flexibility index (Phi) is 4.13. The van der Waals surface area contributed by atoms with Gasteiger partial charge in [-0.05, 0) is 59.1 Å². The summed E-state index contributed by atoms with van der Waals surface area (Å²) in [4.78, 5) is 0. The lowest BCUT2D eigenvalue weighted by atomic mass is 9.59. The molecule has 0 aromatic heterocycles. The van der Waals surface area contributed by atoms with Gasteiger partial charge in [0.2, 0.25) is 0 Å². The number of rotatable bonds is 4. The summed E-state index contributed by atoms with van der Waals surface area (Å²) in [5.41, 5.74) is 10.1. The lowest BCUT2D eigenvalue weighted by Gasteiger charge is -2.42. The molecule has 0 aliphatic heterocycles. The predicted molar refractivity (Wildman–Crippen MR) is 126 cm³/mol. The Hall–Kier alpha value is -3.12. The second-order valence-electron chi connectivity index (χ2n) is 8.80. The zero-order valence-electron chi connectivity index (χ0n) is 17.2. The van der Waals surface area contributed by atoms with E-state index in [-0.39, 0.29) is 5.41 Å². The summed E-state index contributed by atoms with van der Waals surface area (Å²) in [6.07, 6.45) is 16.5. The van der Waals surface area contributed by atoms with E-state index < -0.39 is 0 Å². The van der Waals surface area contributed by atoms with Crippen molar-refractivity contribution in [1.82, 2.24) is 0 Å². The summed E-state index contributed by atoms with van der Waals surface area (Å²) < 4.78 is 0. The molecule has 0 fully saturated rings. The van der Waals surface area contributed by atoms with Crippen LogP contribution in [0.1, 0.15) is 52.1 Å². The lowest BCUT2D eigenvalue weighted by Crippen LogP contribution is -2.36. The molecule has 0 saturated heterocycles. The van der Waals surface area contributed by atoms with Crippen LogP contribution < -0.4 is 0 Å². The van der Waals surface area contributed by atoms with E-state index in [1.165, 1.54) is 47.1 Å². The smallest absolute Gasteiger partial charge is 0.0520 e. The maximum atomic E-state index is 2.53. The molecule has 3 aliphatic carbocycles. The Balaban J connectivity index is 1.64. The molecule has 0 heterocycles. The molecule has 146 valence electrons. The average molecular weight is 387 g/mol. The summed E-state index contributed by atoms with van der Waals surface area (Å²) >= 11 is 0. The Bertz CT molecular complexity index is 1140. The van der Waals surface area contributed by atoms with Gasteiger partial charge in [0.1, 0.15) is 0 Å². The molecule has 3 aromatic rings. The van der Waals surface area contributed by atoms with Gasteiger partial charge < -0.3 is 0 Å². The van der Waals surface area contributed by atoms with Crippen molar-refractivity contribution >= 4 is 6.08 Å². The van der Waals surface area contributed by atoms with Crippen LogP contribution in [-0.2, 0) is 18.3 Å². The van der Waals surface area contributed by atoms with Crippen molar-refractivity contribution < 1.29 is 0 Å². The first-order valence-electron chi connectivity index (χ1n) is 11.2. The highest BCUT2D eigenvalue weighted by Crippen LogP contribution is 2.55. The molecule has 3 aromatic carbocycles. The van der Waals surface area contributed by atoms with Gasteiger partial charge in [-0.15, -0.1) is 0 Å². The number of allylic oxidation sites excluding steroid dienone is 5. The fraction of sp³-hybridized carbons (Fsp3) is 0.200. The molecule has 1 unspecified atom stereocenters. The van der Waals surface area contributed by atoms with E-state index in [9.17, 15) is 0 Å². The first kappa shape index (κ1) is 17.7. The van der Waals surface area contributed by atoms with Crippen molar-refractivity contribution in [3.63, 3.8) is 0 Å². The molecule has 0 radical (unpaired) electrons. The molecule has 0 nitrogen and oxygen atoms in total. The number of benzene rings is 3. The second kappa shape index (κ2) is 6.99. The average Bonchev–Trinajstić information content (AvgIpc) is 3.56. The minimum absolute atomic E-state index is 0.194. The Labute approximate surface area is 179 Å². The monoisotopic (exact) mass is 386 g/mol. The van der Waals surface area contributed by atoms with Crippen LogP contribution in [0, 0.1) is 0 Å². The van der Waals surface area contributed by atoms with E-state index in [2.05, 4.69) is 103 Å². The van der Waals surface area contributed by atoms with Gasteiger partial charge in [-0.3, -0.25) is 0 Å². The molecule has 0 heteroatoms. The van der Waals surface area contributed by atoms with Gasteiger partial charge in [0.15, 0.2) is 0 Å². The van der Waals surface area contributed by atoms with Gasteiger partial charge in [0.05, 0.1) is 5.41 Å². The van der Waals surface area contributed by atoms with Gasteiger partial charge >= 0.3 is 0 Å². The van der Waals surface area contributed by atoms with E-state index in [0.717, 1.165) is 6.42 Å². The van der Waals surface area contributed by atoms with Crippen LogP contribution >= 0.6 is 0 Å². The number of fused-ring (bicyclic) bond motifs is 2. The van der Waals surface area contributed by atoms with Crippen molar-refractivity contribution in [2.45, 2.75) is 37.0 Å². The van der Waals surface area contributed by atoms with Crippen LogP contribution in [0.3, 0.4) is 0 Å². The van der Waals surface area contributed by atoms with Crippen LogP contribution in [0.15, 0.2) is 103 Å². The molecule has 1 atom stereocenters. The SMILES string of the molecule is C1=CCC(C(c2ccccc2)(c2ccccc2)C2C=Cc3cc4c(cc32)CCC4)=C1. The summed E-state index contributed by atoms with van der Waals surface area (Å²) in [6.45, 7) is 0. The molecule has 0 bridgehead atoms. The zero-order chi connectivity index (χ0) is 20.0. The highest BCUT2D eigenvalue weighted by molar-refractivity contribution is 5.70. The van der Waals surface area contributed by atoms with Crippen LogP contribution in [0.5, 0.6) is 0 Å². The lowest BCUT2D eigenvalue weighted by molar-refractivity contribution is 0.536. The number of aryl methyl sites for hydroxylation is 2. The third kappa shape index (κ3) is 2.53. The topological polar surface area (TPSA) is 0 Å². The maximum absolute atomic E-state index is 2.53. The van der Waals surface area contributed by atoms with E-state index in [0.29, 0.717) is 5.92 Å². The molecule has 0 N–H and O–H groups in total. The minimum Gasteiger partial charge on any atom is -0.0804 e. The summed E-state index contributed by atoms with van der Waals surface area (Å²) in [7, 11) is 0.